The lowest BCUT2D eigenvalue weighted by molar-refractivity contribution is -0.888. The van der Waals surface area contributed by atoms with Crippen molar-refractivity contribution in [3.05, 3.63) is 0 Å². The van der Waals surface area contributed by atoms with Gasteiger partial charge in [-0.25, -0.2) is 13.1 Å². The Kier molecular flexibility index (Phi) is 22.5. The lowest BCUT2D eigenvalue weighted by Crippen LogP contribution is -3.00. The summed E-state index contributed by atoms with van der Waals surface area (Å²) in [6, 6.07) is 0. The molecular formula is C23H51IN2O2S. The Morgan fingerprint density at radius 1 is 0.655 bits per heavy atom. The third kappa shape index (κ3) is 23.1. The fourth-order valence-electron chi connectivity index (χ4n) is 3.45. The summed E-state index contributed by atoms with van der Waals surface area (Å²) in [6.45, 7) is 7.09. The minimum atomic E-state index is -3.08. The van der Waals surface area contributed by atoms with E-state index in [0.717, 1.165) is 36.8 Å². The predicted molar refractivity (Wildman–Crippen MR) is 124 cm³/mol. The van der Waals surface area contributed by atoms with Crippen molar-refractivity contribution in [3.63, 3.8) is 0 Å². The first-order valence-electron chi connectivity index (χ1n) is 12.1. The van der Waals surface area contributed by atoms with Gasteiger partial charge in [0.15, 0.2) is 0 Å². The van der Waals surface area contributed by atoms with E-state index in [9.17, 15) is 8.42 Å². The van der Waals surface area contributed by atoms with E-state index in [2.05, 4.69) is 32.7 Å². The summed E-state index contributed by atoms with van der Waals surface area (Å²) in [5.74, 6) is 0.289. The molecule has 0 radical (unpaired) electrons. The molecule has 0 saturated carbocycles. The molecule has 29 heavy (non-hydrogen) atoms. The molecular weight excluding hydrogens is 495 g/mol. The van der Waals surface area contributed by atoms with Crippen LogP contribution in [0.15, 0.2) is 0 Å². The van der Waals surface area contributed by atoms with Crippen LogP contribution in [0.25, 0.3) is 0 Å². The highest BCUT2D eigenvalue weighted by atomic mass is 127. The molecule has 0 aliphatic carbocycles. The van der Waals surface area contributed by atoms with Crippen LogP contribution in [0.3, 0.4) is 0 Å². The first-order chi connectivity index (χ1) is 13.3. The van der Waals surface area contributed by atoms with Crippen molar-refractivity contribution in [1.29, 1.82) is 0 Å². The zero-order chi connectivity index (χ0) is 21.1. The number of nitrogens with zero attached hydrogens (tertiary/aromatic N) is 1. The monoisotopic (exact) mass is 546 g/mol. The van der Waals surface area contributed by atoms with E-state index in [4.69, 9.17) is 0 Å². The Balaban J connectivity index is 0. The number of hydrogen-bond donors (Lipinski definition) is 1. The van der Waals surface area contributed by atoms with Crippen molar-refractivity contribution < 1.29 is 36.9 Å². The first-order valence-corrected chi connectivity index (χ1v) is 13.8. The lowest BCUT2D eigenvalue weighted by Gasteiger charge is -2.28. The maximum absolute atomic E-state index is 12.0. The Morgan fingerprint density at radius 2 is 1.07 bits per heavy atom. The van der Waals surface area contributed by atoms with E-state index in [1.807, 2.05) is 0 Å². The van der Waals surface area contributed by atoms with Gasteiger partial charge in [0.2, 0.25) is 10.0 Å². The minimum absolute atomic E-state index is 0. The van der Waals surface area contributed by atoms with Crippen LogP contribution in [-0.2, 0) is 10.0 Å². The number of quaternary nitrogens is 1. The van der Waals surface area contributed by atoms with Crippen LogP contribution < -0.4 is 28.7 Å². The van der Waals surface area contributed by atoms with Gasteiger partial charge in [0, 0.05) is 13.0 Å². The fourth-order valence-corrected chi connectivity index (χ4v) is 4.64. The quantitative estimate of drug-likeness (QED) is 0.137. The number of halogens is 1. The maximum atomic E-state index is 12.0. The highest BCUT2D eigenvalue weighted by Gasteiger charge is 2.13. The van der Waals surface area contributed by atoms with E-state index < -0.39 is 10.0 Å². The van der Waals surface area contributed by atoms with Crippen molar-refractivity contribution in [2.24, 2.45) is 0 Å². The largest absolute Gasteiger partial charge is 1.00 e. The lowest BCUT2D eigenvalue weighted by atomic mass is 10.0. The molecule has 0 atom stereocenters. The summed E-state index contributed by atoms with van der Waals surface area (Å²) < 4.78 is 27.8. The van der Waals surface area contributed by atoms with Crippen LogP contribution in [-0.4, -0.2) is 52.4 Å². The predicted octanol–water partition coefficient (Wildman–Crippen LogP) is 2.88. The molecule has 0 aliphatic rings. The molecule has 0 aromatic rings. The van der Waals surface area contributed by atoms with Crippen LogP contribution in [0, 0.1) is 0 Å². The molecule has 0 spiro atoms. The van der Waals surface area contributed by atoms with Crippen molar-refractivity contribution in [1.82, 2.24) is 4.72 Å². The number of unbranched alkanes of at least 4 members (excludes halogenated alkanes) is 13. The molecule has 178 valence electrons. The van der Waals surface area contributed by atoms with E-state index in [-0.39, 0.29) is 29.7 Å². The smallest absolute Gasteiger partial charge is 0.211 e. The van der Waals surface area contributed by atoms with Gasteiger partial charge in [0.05, 0.1) is 32.9 Å². The first kappa shape index (κ1) is 31.8. The normalized spacial score (nSPS) is 12.1. The SMILES string of the molecule is CCCCCCCCCCCCCCCCS(=O)(=O)NCCC[N+](C)(C)CC.[I-]. The number of hydrogen-bond acceptors (Lipinski definition) is 2. The second-order valence-electron chi connectivity index (χ2n) is 9.14. The van der Waals surface area contributed by atoms with Crippen LogP contribution >= 0.6 is 0 Å². The molecule has 0 fully saturated rings. The van der Waals surface area contributed by atoms with Crippen molar-refractivity contribution >= 4 is 10.0 Å². The Morgan fingerprint density at radius 3 is 1.48 bits per heavy atom. The van der Waals surface area contributed by atoms with Gasteiger partial charge in [-0.1, -0.05) is 90.4 Å². The van der Waals surface area contributed by atoms with Crippen LogP contribution in [0.4, 0.5) is 0 Å². The molecule has 4 nitrogen and oxygen atoms in total. The van der Waals surface area contributed by atoms with Crippen LogP contribution in [0.5, 0.6) is 0 Å². The van der Waals surface area contributed by atoms with Gasteiger partial charge in [-0.3, -0.25) is 0 Å². The summed E-state index contributed by atoms with van der Waals surface area (Å²) in [5, 5.41) is 0. The van der Waals surface area contributed by atoms with Gasteiger partial charge < -0.3 is 28.5 Å². The zero-order valence-electron chi connectivity index (χ0n) is 20.0. The summed E-state index contributed by atoms with van der Waals surface area (Å²) in [7, 11) is 1.29. The van der Waals surface area contributed by atoms with E-state index in [1.54, 1.807) is 0 Å². The molecule has 0 aromatic heterocycles. The molecule has 0 unspecified atom stereocenters. The molecule has 6 heteroatoms. The molecule has 0 heterocycles. The van der Waals surface area contributed by atoms with Gasteiger partial charge in [-0.05, 0) is 13.3 Å². The molecule has 0 aliphatic heterocycles. The molecule has 1 N–H and O–H groups in total. The van der Waals surface area contributed by atoms with Crippen LogP contribution in [0.2, 0.25) is 0 Å². The summed E-state index contributed by atoms with van der Waals surface area (Å²) in [4.78, 5) is 0. The highest BCUT2D eigenvalue weighted by molar-refractivity contribution is 7.89. The van der Waals surface area contributed by atoms with Gasteiger partial charge in [-0.2, -0.15) is 0 Å². The van der Waals surface area contributed by atoms with Gasteiger partial charge in [-0.15, -0.1) is 0 Å². The summed E-state index contributed by atoms with van der Waals surface area (Å²) in [6.07, 6.45) is 19.0. The second kappa shape index (κ2) is 20.5. The standard InChI is InChI=1S/C23H51N2O2S.HI/c1-5-7-8-9-10-11-12-13-14-15-16-17-18-19-23-28(26,27)24-21-20-22-25(3,4)6-2;/h24H,5-23H2,1-4H3;1H/q+1;/p-1. The van der Waals surface area contributed by atoms with Gasteiger partial charge >= 0.3 is 0 Å². The van der Waals surface area contributed by atoms with Gasteiger partial charge in [0.25, 0.3) is 0 Å². The van der Waals surface area contributed by atoms with Crippen molar-refractivity contribution in [3.8, 4) is 0 Å². The summed E-state index contributed by atoms with van der Waals surface area (Å²) in [5.41, 5.74) is 0. The molecule has 0 saturated heterocycles. The Labute approximate surface area is 200 Å². The molecule has 0 bridgehead atoms. The van der Waals surface area contributed by atoms with Crippen molar-refractivity contribution in [2.45, 2.75) is 110 Å². The number of nitrogens with one attached hydrogen (secondary N) is 1. The Hall–Kier alpha value is 0.600. The van der Waals surface area contributed by atoms with Crippen LogP contribution in [0.1, 0.15) is 110 Å². The topological polar surface area (TPSA) is 46.2 Å². The molecule has 0 amide bonds. The second-order valence-corrected chi connectivity index (χ2v) is 11.1. The third-order valence-electron chi connectivity index (χ3n) is 5.88. The van der Waals surface area contributed by atoms with E-state index >= 15 is 0 Å². The summed E-state index contributed by atoms with van der Waals surface area (Å²) >= 11 is 0. The number of rotatable bonds is 21. The van der Waals surface area contributed by atoms with Crippen molar-refractivity contribution in [2.75, 3.05) is 39.5 Å². The van der Waals surface area contributed by atoms with Gasteiger partial charge in [0.1, 0.15) is 0 Å². The fraction of sp³-hybridized carbons (Fsp3) is 1.00. The Bertz CT molecular complexity index is 442. The maximum Gasteiger partial charge on any atom is 0.211 e. The molecule has 0 rings (SSSR count). The van der Waals surface area contributed by atoms with E-state index in [1.165, 1.54) is 77.0 Å². The third-order valence-corrected chi connectivity index (χ3v) is 7.35. The zero-order valence-corrected chi connectivity index (χ0v) is 23.0. The highest BCUT2D eigenvalue weighted by Crippen LogP contribution is 2.13. The average molecular weight is 547 g/mol. The number of sulfonamides is 1. The average Bonchev–Trinajstić information content (AvgIpc) is 2.65. The van der Waals surface area contributed by atoms with E-state index in [0.29, 0.717) is 6.54 Å². The minimum Gasteiger partial charge on any atom is -1.00 e. The molecule has 0 aromatic carbocycles.